The first-order chi connectivity index (χ1) is 11.1. The molecule has 1 amide bonds. The van der Waals surface area contributed by atoms with Crippen LogP contribution >= 0.6 is 0 Å². The topological polar surface area (TPSA) is 75.6 Å². The van der Waals surface area contributed by atoms with E-state index in [1.54, 1.807) is 13.0 Å². The number of halogens is 3. The van der Waals surface area contributed by atoms with Crippen molar-refractivity contribution in [1.29, 1.82) is 0 Å². The van der Waals surface area contributed by atoms with Crippen LogP contribution in [0.15, 0.2) is 24.3 Å². The van der Waals surface area contributed by atoms with Crippen LogP contribution in [0.1, 0.15) is 38.2 Å². The van der Waals surface area contributed by atoms with Crippen LogP contribution in [0.25, 0.3) is 0 Å². The Labute approximate surface area is 136 Å². The third-order valence-corrected chi connectivity index (χ3v) is 4.25. The van der Waals surface area contributed by atoms with Crippen LogP contribution in [-0.4, -0.2) is 28.9 Å². The van der Waals surface area contributed by atoms with Gasteiger partial charge >= 0.3 is 12.3 Å². The Bertz CT molecular complexity index is 646. The van der Waals surface area contributed by atoms with E-state index in [4.69, 9.17) is 0 Å². The second-order valence-electron chi connectivity index (χ2n) is 6.01. The fourth-order valence-corrected chi connectivity index (χ4v) is 2.49. The highest BCUT2D eigenvalue weighted by Gasteiger charge is 2.48. The number of aliphatic carboxylic acids is 1. The summed E-state index contributed by atoms with van der Waals surface area (Å²) >= 11 is 0. The Morgan fingerprint density at radius 2 is 1.96 bits per heavy atom. The van der Waals surface area contributed by atoms with Crippen molar-refractivity contribution >= 4 is 11.9 Å². The number of hydrogen-bond donors (Lipinski definition) is 2. The molecule has 1 aromatic carbocycles. The summed E-state index contributed by atoms with van der Waals surface area (Å²) in [5, 5.41) is 11.6. The van der Waals surface area contributed by atoms with E-state index in [0.717, 1.165) is 0 Å². The second kappa shape index (κ2) is 6.33. The van der Waals surface area contributed by atoms with Crippen molar-refractivity contribution in [2.75, 3.05) is 0 Å². The first-order valence-corrected chi connectivity index (χ1v) is 7.47. The number of alkyl halides is 3. The molecule has 0 aromatic heterocycles. The van der Waals surface area contributed by atoms with Crippen LogP contribution in [0.2, 0.25) is 0 Å². The zero-order valence-corrected chi connectivity index (χ0v) is 13.2. The molecule has 1 aliphatic carbocycles. The molecule has 1 aromatic rings. The number of carboxylic acid groups (broad SMARTS) is 1. The molecular weight excluding hydrogens is 327 g/mol. The van der Waals surface area contributed by atoms with E-state index in [9.17, 15) is 27.9 Å². The van der Waals surface area contributed by atoms with Crippen molar-refractivity contribution in [3.8, 4) is 5.75 Å². The number of para-hydroxylation sites is 1. The molecule has 0 bridgehead atoms. The first kappa shape index (κ1) is 18.1. The summed E-state index contributed by atoms with van der Waals surface area (Å²) < 4.78 is 41.4. The van der Waals surface area contributed by atoms with Crippen molar-refractivity contribution in [3.63, 3.8) is 0 Å². The van der Waals surface area contributed by atoms with Gasteiger partial charge < -0.3 is 15.2 Å². The normalized spacial score (nSPS) is 22.4. The number of carboxylic acids is 1. The van der Waals surface area contributed by atoms with Gasteiger partial charge in [-0.2, -0.15) is 0 Å². The Kier molecular flexibility index (Phi) is 4.77. The minimum atomic E-state index is -4.81. The molecule has 0 aliphatic heterocycles. The van der Waals surface area contributed by atoms with Crippen LogP contribution in [0.4, 0.5) is 13.2 Å². The number of hydrogen-bond acceptors (Lipinski definition) is 3. The highest BCUT2D eigenvalue weighted by atomic mass is 19.4. The molecule has 1 fully saturated rings. The summed E-state index contributed by atoms with van der Waals surface area (Å²) in [6.45, 7) is 3.02. The van der Waals surface area contributed by atoms with Crippen LogP contribution in [0.5, 0.6) is 5.75 Å². The SMILES string of the molecule is CCC(C)(NC(=O)C1CC1c1ccccc1OC(F)(F)F)C(=O)O. The molecule has 0 radical (unpaired) electrons. The van der Waals surface area contributed by atoms with Crippen molar-refractivity contribution in [2.45, 2.75) is 44.5 Å². The molecular formula is C16H18F3NO4. The number of ether oxygens (including phenoxy) is 1. The standard InChI is InChI=1S/C16H18F3NO4/c1-3-15(2,14(22)23)20-13(21)11-8-10(11)9-6-4-5-7-12(9)24-16(17,18)19/h4-7,10-11H,3,8H2,1-2H3,(H,20,21)(H,22,23). The van der Waals surface area contributed by atoms with E-state index < -0.39 is 35.6 Å². The lowest BCUT2D eigenvalue weighted by molar-refractivity contribution is -0.274. The maximum absolute atomic E-state index is 12.5. The molecule has 0 spiro atoms. The summed E-state index contributed by atoms with van der Waals surface area (Å²) in [5.41, 5.74) is -1.10. The summed E-state index contributed by atoms with van der Waals surface area (Å²) in [6, 6.07) is 5.67. The van der Waals surface area contributed by atoms with E-state index >= 15 is 0 Å². The number of carbonyl (C=O) groups is 2. The number of nitrogens with one attached hydrogen (secondary N) is 1. The van der Waals surface area contributed by atoms with E-state index in [1.807, 2.05) is 0 Å². The summed E-state index contributed by atoms with van der Waals surface area (Å²) in [6.07, 6.45) is -4.27. The van der Waals surface area contributed by atoms with E-state index in [2.05, 4.69) is 10.1 Å². The van der Waals surface area contributed by atoms with Gasteiger partial charge in [0.25, 0.3) is 0 Å². The largest absolute Gasteiger partial charge is 0.573 e. The van der Waals surface area contributed by atoms with E-state index in [-0.39, 0.29) is 12.2 Å². The van der Waals surface area contributed by atoms with Crippen LogP contribution in [0, 0.1) is 5.92 Å². The van der Waals surface area contributed by atoms with Gasteiger partial charge in [0.2, 0.25) is 5.91 Å². The molecule has 5 nitrogen and oxygen atoms in total. The number of benzene rings is 1. The molecule has 0 heterocycles. The average molecular weight is 345 g/mol. The number of rotatable bonds is 6. The molecule has 2 N–H and O–H groups in total. The quantitative estimate of drug-likeness (QED) is 0.831. The molecule has 24 heavy (non-hydrogen) atoms. The molecule has 1 saturated carbocycles. The van der Waals surface area contributed by atoms with Gasteiger partial charge in [-0.25, -0.2) is 4.79 Å². The van der Waals surface area contributed by atoms with Gasteiger partial charge in [-0.05, 0) is 37.3 Å². The Morgan fingerprint density at radius 1 is 1.33 bits per heavy atom. The van der Waals surface area contributed by atoms with Gasteiger partial charge in [0, 0.05) is 5.92 Å². The minimum absolute atomic E-state index is 0.194. The fraction of sp³-hybridized carbons (Fsp3) is 0.500. The van der Waals surface area contributed by atoms with Crippen LogP contribution < -0.4 is 10.1 Å². The van der Waals surface area contributed by atoms with Gasteiger partial charge in [-0.3, -0.25) is 4.79 Å². The maximum atomic E-state index is 12.5. The summed E-state index contributed by atoms with van der Waals surface area (Å²) in [7, 11) is 0. The molecule has 3 unspecified atom stereocenters. The molecule has 0 saturated heterocycles. The number of amides is 1. The highest BCUT2D eigenvalue weighted by Crippen LogP contribution is 2.51. The molecule has 3 atom stereocenters. The monoisotopic (exact) mass is 345 g/mol. The molecule has 8 heteroatoms. The smallest absolute Gasteiger partial charge is 0.480 e. The van der Waals surface area contributed by atoms with Gasteiger partial charge in [-0.15, -0.1) is 13.2 Å². The van der Waals surface area contributed by atoms with Crippen molar-refractivity contribution in [1.82, 2.24) is 5.32 Å². The Hall–Kier alpha value is -2.25. The third-order valence-electron chi connectivity index (χ3n) is 4.25. The van der Waals surface area contributed by atoms with Gasteiger partial charge in [-0.1, -0.05) is 25.1 Å². The van der Waals surface area contributed by atoms with Crippen LogP contribution in [-0.2, 0) is 9.59 Å². The van der Waals surface area contributed by atoms with Crippen molar-refractivity contribution in [2.24, 2.45) is 5.92 Å². The zero-order chi connectivity index (χ0) is 18.1. The van der Waals surface area contributed by atoms with Gasteiger partial charge in [0.1, 0.15) is 11.3 Å². The van der Waals surface area contributed by atoms with E-state index in [1.165, 1.54) is 25.1 Å². The predicted octanol–water partition coefficient (Wildman–Crippen LogP) is 3.06. The Morgan fingerprint density at radius 3 is 2.50 bits per heavy atom. The summed E-state index contributed by atoms with van der Waals surface area (Å²) in [5.74, 6) is -2.95. The van der Waals surface area contributed by atoms with E-state index in [0.29, 0.717) is 12.0 Å². The number of carbonyl (C=O) groups excluding carboxylic acids is 1. The lowest BCUT2D eigenvalue weighted by atomic mass is 9.98. The summed E-state index contributed by atoms with van der Waals surface area (Å²) in [4.78, 5) is 23.5. The lowest BCUT2D eigenvalue weighted by Crippen LogP contribution is -2.52. The Balaban J connectivity index is 2.11. The third kappa shape index (κ3) is 3.98. The molecule has 132 valence electrons. The molecule has 1 aliphatic rings. The maximum Gasteiger partial charge on any atom is 0.573 e. The first-order valence-electron chi connectivity index (χ1n) is 7.47. The van der Waals surface area contributed by atoms with Crippen LogP contribution in [0.3, 0.4) is 0 Å². The minimum Gasteiger partial charge on any atom is -0.480 e. The lowest BCUT2D eigenvalue weighted by Gasteiger charge is -2.24. The second-order valence-corrected chi connectivity index (χ2v) is 6.01. The zero-order valence-electron chi connectivity index (χ0n) is 13.2. The predicted molar refractivity (Wildman–Crippen MR) is 78.4 cm³/mol. The fourth-order valence-electron chi connectivity index (χ4n) is 2.49. The average Bonchev–Trinajstić information content (AvgIpc) is 3.26. The molecule has 2 rings (SSSR count). The van der Waals surface area contributed by atoms with Gasteiger partial charge in [0.05, 0.1) is 0 Å². The van der Waals surface area contributed by atoms with Gasteiger partial charge in [0.15, 0.2) is 0 Å². The highest BCUT2D eigenvalue weighted by molar-refractivity contribution is 5.89. The van der Waals surface area contributed by atoms with Crippen molar-refractivity contribution < 1.29 is 32.6 Å². The van der Waals surface area contributed by atoms with Crippen molar-refractivity contribution in [3.05, 3.63) is 29.8 Å².